The van der Waals surface area contributed by atoms with Crippen molar-refractivity contribution in [1.82, 2.24) is 10.3 Å². The molecule has 2 rings (SSSR count). The highest BCUT2D eigenvalue weighted by atomic mass is 16.6. The van der Waals surface area contributed by atoms with Crippen LogP contribution in [0.25, 0.3) is 0 Å². The maximum Gasteiger partial charge on any atom is 0.279 e. The molecule has 0 aliphatic carbocycles. The minimum Gasteiger partial charge on any atom is -0.497 e. The summed E-state index contributed by atoms with van der Waals surface area (Å²) in [7, 11) is 3.06. The zero-order valence-corrected chi connectivity index (χ0v) is 10.8. The number of nitrogens with zero attached hydrogens (tertiary/aromatic N) is 2. The van der Waals surface area contributed by atoms with Crippen molar-refractivity contribution in [2.45, 2.75) is 6.92 Å². The zero-order valence-electron chi connectivity index (χ0n) is 10.8. The molecule has 1 heterocycles. The molecule has 0 unspecified atom stereocenters. The summed E-state index contributed by atoms with van der Waals surface area (Å²) in [5.74, 6) is 0.694. The van der Waals surface area contributed by atoms with Crippen LogP contribution in [0.1, 0.15) is 16.2 Å². The summed E-state index contributed by atoms with van der Waals surface area (Å²) in [6.45, 7) is 1.63. The van der Waals surface area contributed by atoms with E-state index in [0.717, 1.165) is 0 Å². The lowest BCUT2D eigenvalue weighted by Crippen LogP contribution is -2.14. The van der Waals surface area contributed by atoms with E-state index < -0.39 is 5.91 Å². The summed E-state index contributed by atoms with van der Waals surface area (Å²) < 4.78 is 14.7. The van der Waals surface area contributed by atoms with Gasteiger partial charge in [0.15, 0.2) is 5.69 Å². The molecule has 0 aliphatic heterocycles. The van der Waals surface area contributed by atoms with Gasteiger partial charge in [-0.3, -0.25) is 4.79 Å². The number of hydrogen-bond acceptors (Lipinski definition) is 6. The van der Waals surface area contributed by atoms with Crippen LogP contribution in [0, 0.1) is 6.92 Å². The highest BCUT2D eigenvalue weighted by Crippen LogP contribution is 2.29. The second-order valence-electron chi connectivity index (χ2n) is 3.72. The second-order valence-corrected chi connectivity index (χ2v) is 3.72. The Morgan fingerprint density at radius 2 is 2.05 bits per heavy atom. The summed E-state index contributed by atoms with van der Waals surface area (Å²) in [6, 6.07) is 5.08. The fourth-order valence-electron chi connectivity index (χ4n) is 1.53. The first-order chi connectivity index (χ1) is 9.15. The number of carbonyl (C=O) groups excluding carboxylic acids is 1. The number of amides is 1. The van der Waals surface area contributed by atoms with Gasteiger partial charge in [-0.1, -0.05) is 5.16 Å². The quantitative estimate of drug-likeness (QED) is 0.902. The van der Waals surface area contributed by atoms with Gasteiger partial charge >= 0.3 is 0 Å². The summed E-state index contributed by atoms with van der Waals surface area (Å²) in [5.41, 5.74) is 1.03. The van der Waals surface area contributed by atoms with Gasteiger partial charge in [-0.25, -0.2) is 4.63 Å². The first kappa shape index (κ1) is 12.9. The molecule has 0 saturated heterocycles. The van der Waals surface area contributed by atoms with Crippen LogP contribution in [0.2, 0.25) is 0 Å². The van der Waals surface area contributed by atoms with Gasteiger partial charge in [0.2, 0.25) is 0 Å². The monoisotopic (exact) mass is 263 g/mol. The number of hydrogen-bond donors (Lipinski definition) is 1. The van der Waals surface area contributed by atoms with Crippen molar-refractivity contribution in [3.05, 3.63) is 29.6 Å². The first-order valence-electron chi connectivity index (χ1n) is 5.48. The van der Waals surface area contributed by atoms with Gasteiger partial charge in [0.05, 0.1) is 19.9 Å². The van der Waals surface area contributed by atoms with Crippen LogP contribution in [0.4, 0.5) is 5.69 Å². The average molecular weight is 263 g/mol. The predicted octanol–water partition coefficient (Wildman–Crippen LogP) is 1.65. The third kappa shape index (κ3) is 2.65. The average Bonchev–Trinajstić information content (AvgIpc) is 2.85. The molecule has 0 aliphatic rings. The minimum absolute atomic E-state index is 0.130. The number of nitrogens with one attached hydrogen (secondary N) is 1. The Hall–Kier alpha value is -2.57. The first-order valence-corrected chi connectivity index (χ1v) is 5.48. The maximum atomic E-state index is 12.0. The van der Waals surface area contributed by atoms with E-state index in [1.54, 1.807) is 32.2 Å². The Morgan fingerprint density at radius 1 is 1.26 bits per heavy atom. The molecule has 0 bridgehead atoms. The molecule has 19 heavy (non-hydrogen) atoms. The Morgan fingerprint density at radius 3 is 2.63 bits per heavy atom. The van der Waals surface area contributed by atoms with Crippen molar-refractivity contribution in [3.8, 4) is 11.5 Å². The lowest BCUT2D eigenvalue weighted by Gasteiger charge is -2.10. The number of rotatable bonds is 4. The lowest BCUT2D eigenvalue weighted by atomic mass is 10.2. The zero-order chi connectivity index (χ0) is 13.8. The molecular formula is C12H13N3O4. The summed E-state index contributed by atoms with van der Waals surface area (Å²) in [5, 5.41) is 9.77. The van der Waals surface area contributed by atoms with E-state index in [1.165, 1.54) is 7.11 Å². The Balaban J connectivity index is 2.27. The summed E-state index contributed by atoms with van der Waals surface area (Å²) >= 11 is 0. The molecule has 0 atom stereocenters. The van der Waals surface area contributed by atoms with E-state index in [0.29, 0.717) is 22.9 Å². The van der Waals surface area contributed by atoms with Crippen LogP contribution in [0.15, 0.2) is 22.8 Å². The largest absolute Gasteiger partial charge is 0.497 e. The topological polar surface area (TPSA) is 86.5 Å². The number of aromatic nitrogens is 2. The number of methoxy groups -OCH3 is 2. The van der Waals surface area contributed by atoms with Crippen LogP contribution < -0.4 is 14.8 Å². The molecule has 100 valence electrons. The molecule has 0 spiro atoms. The van der Waals surface area contributed by atoms with E-state index in [4.69, 9.17) is 9.47 Å². The molecule has 0 saturated carbocycles. The van der Waals surface area contributed by atoms with Gasteiger partial charge in [0.1, 0.15) is 17.2 Å². The van der Waals surface area contributed by atoms with Gasteiger partial charge < -0.3 is 14.8 Å². The van der Waals surface area contributed by atoms with Crippen molar-refractivity contribution in [2.24, 2.45) is 0 Å². The highest BCUT2D eigenvalue weighted by Gasteiger charge is 2.17. The fourth-order valence-corrected chi connectivity index (χ4v) is 1.53. The van der Waals surface area contributed by atoms with E-state index in [9.17, 15) is 4.79 Å². The number of aryl methyl sites for hydroxylation is 1. The van der Waals surface area contributed by atoms with Crippen molar-refractivity contribution >= 4 is 11.6 Å². The molecule has 7 nitrogen and oxygen atoms in total. The van der Waals surface area contributed by atoms with Gasteiger partial charge in [-0.05, 0) is 24.2 Å². The molecular weight excluding hydrogens is 250 g/mol. The molecule has 1 amide bonds. The van der Waals surface area contributed by atoms with Gasteiger partial charge in [-0.2, -0.15) is 0 Å². The van der Waals surface area contributed by atoms with Crippen LogP contribution in [-0.4, -0.2) is 30.4 Å². The van der Waals surface area contributed by atoms with Crippen molar-refractivity contribution in [1.29, 1.82) is 0 Å². The fraction of sp³-hybridized carbons (Fsp3) is 0.250. The number of ether oxygens (including phenoxy) is 2. The minimum atomic E-state index is -0.426. The van der Waals surface area contributed by atoms with E-state index >= 15 is 0 Å². The molecule has 0 fully saturated rings. The number of anilines is 1. The van der Waals surface area contributed by atoms with E-state index in [1.807, 2.05) is 0 Å². The Labute approximate surface area is 109 Å². The maximum absolute atomic E-state index is 12.0. The van der Waals surface area contributed by atoms with Gasteiger partial charge in [-0.15, -0.1) is 0 Å². The standard InChI is InChI=1S/C12H13N3O4/c1-7-11(15-19-14-7)12(16)13-9-6-8(17-2)4-5-10(9)18-3/h4-6H,1-3H3,(H,13,16). The molecule has 1 aromatic carbocycles. The third-order valence-corrected chi connectivity index (χ3v) is 2.52. The lowest BCUT2D eigenvalue weighted by molar-refractivity contribution is 0.101. The van der Waals surface area contributed by atoms with Crippen LogP contribution >= 0.6 is 0 Å². The van der Waals surface area contributed by atoms with E-state index in [2.05, 4.69) is 20.3 Å². The third-order valence-electron chi connectivity index (χ3n) is 2.52. The van der Waals surface area contributed by atoms with Gasteiger partial charge in [0.25, 0.3) is 5.91 Å². The Bertz CT molecular complexity index is 594. The SMILES string of the molecule is COc1ccc(OC)c(NC(=O)c2nonc2C)c1. The van der Waals surface area contributed by atoms with Crippen LogP contribution in [0.5, 0.6) is 11.5 Å². The predicted molar refractivity (Wildman–Crippen MR) is 66.5 cm³/mol. The highest BCUT2D eigenvalue weighted by molar-refractivity contribution is 6.04. The molecule has 1 aromatic heterocycles. The second kappa shape index (κ2) is 5.38. The van der Waals surface area contributed by atoms with Crippen molar-refractivity contribution in [3.63, 3.8) is 0 Å². The smallest absolute Gasteiger partial charge is 0.279 e. The van der Waals surface area contributed by atoms with Gasteiger partial charge in [0, 0.05) is 6.07 Å². The summed E-state index contributed by atoms with van der Waals surface area (Å²) in [6.07, 6.45) is 0. The number of carbonyl (C=O) groups is 1. The number of benzene rings is 1. The molecule has 0 radical (unpaired) electrons. The Kier molecular flexibility index (Phi) is 3.65. The van der Waals surface area contributed by atoms with Crippen LogP contribution in [-0.2, 0) is 0 Å². The van der Waals surface area contributed by atoms with Crippen molar-refractivity contribution < 1.29 is 18.9 Å². The molecule has 1 N–H and O–H groups in total. The van der Waals surface area contributed by atoms with E-state index in [-0.39, 0.29) is 5.69 Å². The molecule has 2 aromatic rings. The normalized spacial score (nSPS) is 10.1. The van der Waals surface area contributed by atoms with Crippen LogP contribution in [0.3, 0.4) is 0 Å². The van der Waals surface area contributed by atoms with Crippen molar-refractivity contribution in [2.75, 3.05) is 19.5 Å². The molecule has 7 heteroatoms. The summed E-state index contributed by atoms with van der Waals surface area (Å²) in [4.78, 5) is 12.0.